The van der Waals surface area contributed by atoms with Crippen LogP contribution >= 0.6 is 11.6 Å². The van der Waals surface area contributed by atoms with Gasteiger partial charge >= 0.3 is 17.5 Å². The van der Waals surface area contributed by atoms with Gasteiger partial charge in [0.1, 0.15) is 5.75 Å². The first-order chi connectivity index (χ1) is 13.9. The SMILES string of the molecule is CCOC(=O)C1(C(=O)OCC)Oc2ccc(Cl)cc2[C@@H]1CC(=O)c1ccccc1. The first kappa shape index (κ1) is 20.9. The van der Waals surface area contributed by atoms with Crippen molar-refractivity contribution in [3.8, 4) is 5.75 Å². The van der Waals surface area contributed by atoms with E-state index < -0.39 is 23.5 Å². The lowest BCUT2D eigenvalue weighted by Crippen LogP contribution is -2.55. The lowest BCUT2D eigenvalue weighted by atomic mass is 9.79. The molecule has 2 aromatic rings. The van der Waals surface area contributed by atoms with Gasteiger partial charge in [-0.1, -0.05) is 41.9 Å². The Morgan fingerprint density at radius 2 is 1.62 bits per heavy atom. The lowest BCUT2D eigenvalue weighted by molar-refractivity contribution is -0.180. The predicted molar refractivity (Wildman–Crippen MR) is 106 cm³/mol. The first-order valence-electron chi connectivity index (χ1n) is 9.35. The van der Waals surface area contributed by atoms with Gasteiger partial charge in [-0.15, -0.1) is 0 Å². The van der Waals surface area contributed by atoms with Gasteiger partial charge < -0.3 is 14.2 Å². The molecule has 29 heavy (non-hydrogen) atoms. The van der Waals surface area contributed by atoms with Gasteiger partial charge in [0.05, 0.1) is 19.1 Å². The number of halogens is 1. The molecule has 0 saturated heterocycles. The molecule has 1 atom stereocenters. The molecule has 1 heterocycles. The molecule has 0 fully saturated rings. The number of rotatable bonds is 7. The Labute approximate surface area is 173 Å². The number of fused-ring (bicyclic) bond motifs is 1. The quantitative estimate of drug-likeness (QED) is 0.386. The molecule has 3 rings (SSSR count). The Kier molecular flexibility index (Phi) is 6.23. The largest absolute Gasteiger partial charge is 0.463 e. The van der Waals surface area contributed by atoms with Crippen molar-refractivity contribution in [2.24, 2.45) is 0 Å². The molecule has 0 unspecified atom stereocenters. The maximum absolute atomic E-state index is 13.0. The summed E-state index contributed by atoms with van der Waals surface area (Å²) in [6, 6.07) is 13.4. The number of Topliss-reactive ketones (excluding diaryl/α,β-unsaturated/α-hetero) is 1. The normalized spacial score (nSPS) is 16.4. The Morgan fingerprint density at radius 3 is 2.21 bits per heavy atom. The molecule has 0 saturated carbocycles. The van der Waals surface area contributed by atoms with Crippen LogP contribution in [0.4, 0.5) is 0 Å². The van der Waals surface area contributed by atoms with Crippen LogP contribution in [0.5, 0.6) is 5.75 Å². The van der Waals surface area contributed by atoms with Crippen LogP contribution in [0.2, 0.25) is 5.02 Å². The van der Waals surface area contributed by atoms with E-state index >= 15 is 0 Å². The molecule has 0 aromatic heterocycles. The van der Waals surface area contributed by atoms with Crippen molar-refractivity contribution < 1.29 is 28.6 Å². The van der Waals surface area contributed by atoms with E-state index in [1.807, 2.05) is 0 Å². The number of esters is 2. The number of ketones is 1. The number of hydrogen-bond acceptors (Lipinski definition) is 6. The summed E-state index contributed by atoms with van der Waals surface area (Å²) in [5, 5.41) is 0.396. The van der Waals surface area contributed by atoms with Crippen LogP contribution in [-0.4, -0.2) is 36.5 Å². The summed E-state index contributed by atoms with van der Waals surface area (Å²) in [6.45, 7) is 3.33. The van der Waals surface area contributed by atoms with Gasteiger partial charge in [0.25, 0.3) is 0 Å². The van der Waals surface area contributed by atoms with Crippen LogP contribution in [0.3, 0.4) is 0 Å². The van der Waals surface area contributed by atoms with Crippen molar-refractivity contribution in [2.45, 2.75) is 31.8 Å². The van der Waals surface area contributed by atoms with E-state index in [0.29, 0.717) is 21.9 Å². The van der Waals surface area contributed by atoms with Crippen LogP contribution in [0.1, 0.15) is 42.1 Å². The second kappa shape index (κ2) is 8.66. The number of carbonyl (C=O) groups excluding carboxylic acids is 3. The molecule has 7 heteroatoms. The van der Waals surface area contributed by atoms with E-state index in [1.54, 1.807) is 62.4 Å². The van der Waals surface area contributed by atoms with E-state index in [4.69, 9.17) is 25.8 Å². The summed E-state index contributed by atoms with van der Waals surface area (Å²) in [7, 11) is 0. The summed E-state index contributed by atoms with van der Waals surface area (Å²) < 4.78 is 16.2. The molecule has 1 aliphatic heterocycles. The third-order valence-electron chi connectivity index (χ3n) is 4.75. The van der Waals surface area contributed by atoms with Gasteiger partial charge in [0.15, 0.2) is 5.78 Å². The number of ether oxygens (including phenoxy) is 3. The summed E-state index contributed by atoms with van der Waals surface area (Å²) in [5.41, 5.74) is -1.16. The fourth-order valence-electron chi connectivity index (χ4n) is 3.46. The van der Waals surface area contributed by atoms with Crippen LogP contribution in [0.15, 0.2) is 48.5 Å². The number of hydrogen-bond donors (Lipinski definition) is 0. The van der Waals surface area contributed by atoms with Crippen LogP contribution < -0.4 is 4.74 Å². The van der Waals surface area contributed by atoms with Gasteiger partial charge in [-0.25, -0.2) is 9.59 Å². The zero-order valence-electron chi connectivity index (χ0n) is 16.1. The van der Waals surface area contributed by atoms with Crippen LogP contribution in [0.25, 0.3) is 0 Å². The van der Waals surface area contributed by atoms with E-state index in [9.17, 15) is 14.4 Å². The molecular formula is C22H21ClO6. The summed E-state index contributed by atoms with van der Waals surface area (Å²) in [6.07, 6.45) is -0.158. The Balaban J connectivity index is 2.11. The lowest BCUT2D eigenvalue weighted by Gasteiger charge is -2.29. The topological polar surface area (TPSA) is 78.9 Å². The Morgan fingerprint density at radius 1 is 1.00 bits per heavy atom. The van der Waals surface area contributed by atoms with Crippen LogP contribution in [0, 0.1) is 0 Å². The molecule has 0 spiro atoms. The highest BCUT2D eigenvalue weighted by Crippen LogP contribution is 2.49. The van der Waals surface area contributed by atoms with Crippen molar-refractivity contribution >= 4 is 29.3 Å². The Hall–Kier alpha value is -2.86. The zero-order chi connectivity index (χ0) is 21.0. The molecule has 2 aromatic carbocycles. The minimum atomic E-state index is -2.11. The maximum Gasteiger partial charge on any atom is 0.363 e. The number of carbonyl (C=O) groups is 3. The van der Waals surface area contributed by atoms with Gasteiger partial charge in [-0.05, 0) is 32.0 Å². The predicted octanol–water partition coefficient (Wildman–Crippen LogP) is 3.95. The second-order valence-corrected chi connectivity index (χ2v) is 6.94. The number of benzene rings is 2. The standard InChI is InChI=1S/C22H21ClO6/c1-3-27-20(25)22(21(26)28-4-2)17(13-18(24)14-8-6-5-7-9-14)16-12-15(23)10-11-19(16)29-22/h5-12,17H,3-4,13H2,1-2H3/t17-/m0/s1. The van der Waals surface area contributed by atoms with Gasteiger partial charge in [0, 0.05) is 22.6 Å². The molecule has 0 bridgehead atoms. The molecule has 0 aliphatic carbocycles. The first-order valence-corrected chi connectivity index (χ1v) is 9.73. The monoisotopic (exact) mass is 416 g/mol. The van der Waals surface area contributed by atoms with E-state index in [0.717, 1.165) is 0 Å². The van der Waals surface area contributed by atoms with Crippen molar-refractivity contribution in [3.05, 3.63) is 64.7 Å². The van der Waals surface area contributed by atoms with Gasteiger partial charge in [-0.3, -0.25) is 4.79 Å². The summed E-state index contributed by atoms with van der Waals surface area (Å²) >= 11 is 6.14. The molecule has 1 aliphatic rings. The minimum Gasteiger partial charge on any atom is -0.463 e. The van der Waals surface area contributed by atoms with Crippen LogP contribution in [-0.2, 0) is 19.1 Å². The average molecular weight is 417 g/mol. The van der Waals surface area contributed by atoms with E-state index in [-0.39, 0.29) is 25.4 Å². The smallest absolute Gasteiger partial charge is 0.363 e. The van der Waals surface area contributed by atoms with E-state index in [2.05, 4.69) is 0 Å². The van der Waals surface area contributed by atoms with Crippen molar-refractivity contribution in [2.75, 3.05) is 13.2 Å². The minimum absolute atomic E-state index is 0.0415. The Bertz CT molecular complexity index is 906. The molecule has 6 nitrogen and oxygen atoms in total. The van der Waals surface area contributed by atoms with Gasteiger partial charge in [0.2, 0.25) is 0 Å². The van der Waals surface area contributed by atoms with Gasteiger partial charge in [-0.2, -0.15) is 0 Å². The summed E-state index contributed by atoms with van der Waals surface area (Å²) in [4.78, 5) is 38.9. The fourth-order valence-corrected chi connectivity index (χ4v) is 3.64. The molecule has 0 N–H and O–H groups in total. The molecule has 0 radical (unpaired) electrons. The fraction of sp³-hybridized carbons (Fsp3) is 0.318. The van der Waals surface area contributed by atoms with Crippen molar-refractivity contribution in [3.63, 3.8) is 0 Å². The maximum atomic E-state index is 13.0. The summed E-state index contributed by atoms with van der Waals surface area (Å²) in [5.74, 6) is -2.68. The van der Waals surface area contributed by atoms with Crippen molar-refractivity contribution in [1.82, 2.24) is 0 Å². The highest BCUT2D eigenvalue weighted by atomic mass is 35.5. The highest BCUT2D eigenvalue weighted by molar-refractivity contribution is 6.30. The molecule has 0 amide bonds. The zero-order valence-corrected chi connectivity index (χ0v) is 16.9. The van der Waals surface area contributed by atoms with Crippen molar-refractivity contribution in [1.29, 1.82) is 0 Å². The molecule has 152 valence electrons. The third kappa shape index (κ3) is 3.85. The molecular weight excluding hydrogens is 396 g/mol. The average Bonchev–Trinajstić information content (AvgIpc) is 3.03. The second-order valence-electron chi connectivity index (χ2n) is 6.51. The highest BCUT2D eigenvalue weighted by Gasteiger charge is 2.63. The third-order valence-corrected chi connectivity index (χ3v) is 4.99. The van der Waals surface area contributed by atoms with E-state index in [1.165, 1.54) is 0 Å².